The average molecular weight is 354 g/mol. The zero-order valence-corrected chi connectivity index (χ0v) is 15.4. The summed E-state index contributed by atoms with van der Waals surface area (Å²) in [5.41, 5.74) is 1.43. The first kappa shape index (κ1) is 19.5. The highest BCUT2D eigenvalue weighted by atomic mass is 16.5. The maximum atomic E-state index is 12.6. The second-order valence-corrected chi connectivity index (χ2v) is 5.99. The number of hydrogen-bond acceptors (Lipinski definition) is 3. The quantitative estimate of drug-likeness (QED) is 0.661. The molecule has 26 heavy (non-hydrogen) atoms. The fourth-order valence-corrected chi connectivity index (χ4v) is 2.38. The molecule has 0 aromatic heterocycles. The third-order valence-corrected chi connectivity index (χ3v) is 3.82. The fourth-order valence-electron chi connectivity index (χ4n) is 2.38. The smallest absolute Gasteiger partial charge is 0.255 e. The molecule has 0 saturated heterocycles. The van der Waals surface area contributed by atoms with E-state index in [1.165, 1.54) is 0 Å². The Kier molecular flexibility index (Phi) is 7.68. The first-order valence-electron chi connectivity index (χ1n) is 9.07. The molecule has 2 rings (SSSR count). The van der Waals surface area contributed by atoms with E-state index < -0.39 is 0 Å². The molecule has 0 bridgehead atoms. The maximum Gasteiger partial charge on any atom is 0.255 e. The minimum atomic E-state index is -0.276. The summed E-state index contributed by atoms with van der Waals surface area (Å²) >= 11 is 0. The molecule has 0 aliphatic heterocycles. The number of rotatable bonds is 9. The summed E-state index contributed by atoms with van der Waals surface area (Å²) in [4.78, 5) is 24.8. The van der Waals surface area contributed by atoms with Crippen LogP contribution in [0.2, 0.25) is 0 Å². The van der Waals surface area contributed by atoms with Crippen molar-refractivity contribution in [2.75, 3.05) is 18.5 Å². The summed E-state index contributed by atoms with van der Waals surface area (Å²) in [6.45, 7) is 5.31. The molecule has 0 aliphatic rings. The van der Waals surface area contributed by atoms with Gasteiger partial charge in [0, 0.05) is 12.1 Å². The van der Waals surface area contributed by atoms with E-state index >= 15 is 0 Å². The van der Waals surface area contributed by atoms with Crippen molar-refractivity contribution in [2.45, 2.75) is 33.1 Å². The van der Waals surface area contributed by atoms with Crippen molar-refractivity contribution in [1.82, 2.24) is 5.32 Å². The number of anilines is 1. The lowest BCUT2D eigenvalue weighted by Crippen LogP contribution is -2.25. The molecule has 0 spiro atoms. The van der Waals surface area contributed by atoms with Crippen LogP contribution in [0.1, 0.15) is 53.8 Å². The van der Waals surface area contributed by atoms with Crippen LogP contribution in [0.3, 0.4) is 0 Å². The van der Waals surface area contributed by atoms with E-state index in [9.17, 15) is 9.59 Å². The number of carbonyl (C=O) groups excluding carboxylic acids is 2. The largest absolute Gasteiger partial charge is 0.494 e. The van der Waals surface area contributed by atoms with Crippen LogP contribution < -0.4 is 15.4 Å². The Balaban J connectivity index is 2.10. The summed E-state index contributed by atoms with van der Waals surface area (Å²) in [6, 6.07) is 14.0. The Morgan fingerprint density at radius 3 is 2.54 bits per heavy atom. The van der Waals surface area contributed by atoms with Crippen molar-refractivity contribution in [3.8, 4) is 5.75 Å². The molecule has 138 valence electrons. The lowest BCUT2D eigenvalue weighted by molar-refractivity contribution is 0.0954. The van der Waals surface area contributed by atoms with Crippen LogP contribution in [0, 0.1) is 0 Å². The molecule has 0 saturated carbocycles. The number of hydrogen-bond donors (Lipinski definition) is 2. The van der Waals surface area contributed by atoms with E-state index in [4.69, 9.17) is 4.74 Å². The highest BCUT2D eigenvalue weighted by Crippen LogP contribution is 2.18. The Morgan fingerprint density at radius 1 is 0.962 bits per heavy atom. The maximum absolute atomic E-state index is 12.6. The van der Waals surface area contributed by atoms with Crippen molar-refractivity contribution in [2.24, 2.45) is 0 Å². The van der Waals surface area contributed by atoms with Gasteiger partial charge in [0.2, 0.25) is 0 Å². The van der Waals surface area contributed by atoms with Crippen molar-refractivity contribution >= 4 is 17.5 Å². The number of amides is 2. The number of ether oxygens (including phenoxy) is 1. The lowest BCUT2D eigenvalue weighted by atomic mass is 10.1. The fraction of sp³-hybridized carbons (Fsp3) is 0.333. The average Bonchev–Trinajstić information content (AvgIpc) is 2.67. The molecule has 5 heteroatoms. The van der Waals surface area contributed by atoms with Gasteiger partial charge in [0.25, 0.3) is 11.8 Å². The van der Waals surface area contributed by atoms with Crippen molar-refractivity contribution in [3.05, 3.63) is 59.7 Å². The molecule has 0 aliphatic carbocycles. The third kappa shape index (κ3) is 5.62. The molecular weight excluding hydrogens is 328 g/mol. The minimum Gasteiger partial charge on any atom is -0.494 e. The Morgan fingerprint density at radius 2 is 1.77 bits per heavy atom. The van der Waals surface area contributed by atoms with Crippen LogP contribution in [0.15, 0.2) is 48.5 Å². The van der Waals surface area contributed by atoms with Gasteiger partial charge in [-0.05, 0) is 43.2 Å². The van der Waals surface area contributed by atoms with E-state index in [-0.39, 0.29) is 11.8 Å². The number of benzene rings is 2. The van der Waals surface area contributed by atoms with Gasteiger partial charge >= 0.3 is 0 Å². The number of unbranched alkanes of at least 4 members (excludes halogenated alkanes) is 1. The number of nitrogens with one attached hydrogen (secondary N) is 2. The van der Waals surface area contributed by atoms with Crippen LogP contribution in [0.25, 0.3) is 0 Å². The monoisotopic (exact) mass is 354 g/mol. The minimum absolute atomic E-state index is 0.195. The van der Waals surface area contributed by atoms with Crippen LogP contribution in [-0.4, -0.2) is 25.0 Å². The summed E-state index contributed by atoms with van der Waals surface area (Å²) < 4.78 is 5.65. The zero-order chi connectivity index (χ0) is 18.8. The van der Waals surface area contributed by atoms with Crippen LogP contribution >= 0.6 is 0 Å². The molecule has 2 amide bonds. The van der Waals surface area contributed by atoms with E-state index in [1.54, 1.807) is 42.5 Å². The highest BCUT2D eigenvalue weighted by molar-refractivity contribution is 6.09. The Hall–Kier alpha value is -2.82. The van der Waals surface area contributed by atoms with Gasteiger partial charge in [-0.3, -0.25) is 9.59 Å². The van der Waals surface area contributed by atoms with Gasteiger partial charge in [-0.1, -0.05) is 38.5 Å². The predicted molar refractivity (Wildman–Crippen MR) is 104 cm³/mol. The van der Waals surface area contributed by atoms with Gasteiger partial charge in [0.15, 0.2) is 0 Å². The van der Waals surface area contributed by atoms with Gasteiger partial charge in [-0.15, -0.1) is 0 Å². The Bertz CT molecular complexity index is 744. The lowest BCUT2D eigenvalue weighted by Gasteiger charge is -2.12. The van der Waals surface area contributed by atoms with Gasteiger partial charge in [-0.25, -0.2) is 0 Å². The zero-order valence-electron chi connectivity index (χ0n) is 15.4. The van der Waals surface area contributed by atoms with Gasteiger partial charge in [0.1, 0.15) is 5.75 Å². The summed E-state index contributed by atoms with van der Waals surface area (Å²) in [7, 11) is 0. The van der Waals surface area contributed by atoms with E-state index in [0.717, 1.165) is 19.3 Å². The first-order chi connectivity index (χ1) is 12.7. The molecule has 2 aromatic carbocycles. The molecule has 2 N–H and O–H groups in total. The van der Waals surface area contributed by atoms with Crippen LogP contribution in [0.5, 0.6) is 5.75 Å². The molecule has 0 fully saturated rings. The van der Waals surface area contributed by atoms with E-state index in [0.29, 0.717) is 35.7 Å². The number of para-hydroxylation sites is 1. The summed E-state index contributed by atoms with van der Waals surface area (Å²) in [5.74, 6) is 0.196. The van der Waals surface area contributed by atoms with Crippen molar-refractivity contribution in [3.63, 3.8) is 0 Å². The molecule has 5 nitrogen and oxygen atoms in total. The molecule has 0 heterocycles. The standard InChI is InChI=1S/C21H26N2O3/c1-3-5-14-26-17-10-8-9-16(15-17)20(24)23-19-12-7-6-11-18(19)21(25)22-13-4-2/h6-12,15H,3-5,13-14H2,1-2H3,(H,22,25)(H,23,24). The molecule has 2 aromatic rings. The summed E-state index contributed by atoms with van der Waals surface area (Å²) in [6.07, 6.45) is 2.87. The number of carbonyl (C=O) groups is 2. The highest BCUT2D eigenvalue weighted by Gasteiger charge is 2.14. The van der Waals surface area contributed by atoms with Gasteiger partial charge in [-0.2, -0.15) is 0 Å². The van der Waals surface area contributed by atoms with E-state index in [2.05, 4.69) is 17.6 Å². The van der Waals surface area contributed by atoms with E-state index in [1.807, 2.05) is 13.0 Å². The van der Waals surface area contributed by atoms with Gasteiger partial charge < -0.3 is 15.4 Å². The molecular formula is C21H26N2O3. The first-order valence-corrected chi connectivity index (χ1v) is 9.07. The van der Waals surface area contributed by atoms with Crippen LogP contribution in [0.4, 0.5) is 5.69 Å². The SMILES string of the molecule is CCCCOc1cccc(C(=O)Nc2ccccc2C(=O)NCCC)c1. The third-order valence-electron chi connectivity index (χ3n) is 3.82. The Labute approximate surface area is 154 Å². The normalized spacial score (nSPS) is 10.2. The van der Waals surface area contributed by atoms with Crippen LogP contribution in [-0.2, 0) is 0 Å². The molecule has 0 unspecified atom stereocenters. The van der Waals surface area contributed by atoms with Crippen molar-refractivity contribution < 1.29 is 14.3 Å². The van der Waals surface area contributed by atoms with Gasteiger partial charge in [0.05, 0.1) is 17.9 Å². The second kappa shape index (κ2) is 10.2. The second-order valence-electron chi connectivity index (χ2n) is 5.99. The molecule has 0 radical (unpaired) electrons. The molecule has 0 atom stereocenters. The van der Waals surface area contributed by atoms with Crippen molar-refractivity contribution in [1.29, 1.82) is 0 Å². The topological polar surface area (TPSA) is 67.4 Å². The summed E-state index contributed by atoms with van der Waals surface area (Å²) in [5, 5.41) is 5.65. The predicted octanol–water partition coefficient (Wildman–Crippen LogP) is 4.26.